The maximum atomic E-state index is 5.59. The second-order valence-corrected chi connectivity index (χ2v) is 4.19. The van der Waals surface area contributed by atoms with Crippen LogP contribution in [0, 0.1) is 19.5 Å². The zero-order valence-corrected chi connectivity index (χ0v) is 25.3. The van der Waals surface area contributed by atoms with Crippen LogP contribution in [0.1, 0.15) is 26.7 Å². The molecule has 17 heavy (non-hydrogen) atoms. The molecule has 1 saturated carbocycles. The zero-order valence-electron chi connectivity index (χ0n) is 11.1. The van der Waals surface area contributed by atoms with Gasteiger partial charge >= 0.3 is 0 Å². The van der Waals surface area contributed by atoms with Crippen LogP contribution in [0.4, 0.5) is 0 Å². The van der Waals surface area contributed by atoms with Gasteiger partial charge in [-0.05, 0) is 33.2 Å². The molecule has 1 rings (SSSR count). The molecule has 0 aromatic rings. The van der Waals surface area contributed by atoms with Gasteiger partial charge in [-0.25, -0.2) is 0 Å². The van der Waals surface area contributed by atoms with Crippen molar-refractivity contribution in [2.24, 2.45) is 5.41 Å². The Bertz CT molecular complexity index is 154. The Hall–Kier alpha value is 5.44. The van der Waals surface area contributed by atoms with E-state index in [1.165, 1.54) is 12.8 Å². The fourth-order valence-electron chi connectivity index (χ4n) is 1.34. The number of ether oxygens (including phenoxy) is 1. The first-order valence-corrected chi connectivity index (χ1v) is 4.54. The molecule has 2 nitrogen and oxygen atoms in total. The summed E-state index contributed by atoms with van der Waals surface area (Å²) in [5.74, 6) is 0. The third kappa shape index (κ3) is 17.6. The largest absolute Gasteiger partial charge is 0.610 e. The van der Waals surface area contributed by atoms with Gasteiger partial charge in [0, 0.05) is 169 Å². The average Bonchev–Trinajstić information content (AvgIpc) is 2.64. The molecule has 1 aliphatic rings. The Morgan fingerprint density at radius 1 is 1.06 bits per heavy atom. The van der Waals surface area contributed by atoms with Gasteiger partial charge in [-0.2, -0.15) is 0 Å². The van der Waals surface area contributed by atoms with Crippen molar-refractivity contribution in [1.82, 2.24) is 4.90 Å². The fraction of sp³-hybridized carbons (Fsp3) is 0.800. The molecule has 0 N–H and O–H groups in total. The topological polar surface area (TPSA) is 12.5 Å². The molecule has 1 fully saturated rings. The third-order valence-electron chi connectivity index (χ3n) is 2.24. The van der Waals surface area contributed by atoms with Crippen molar-refractivity contribution in [1.29, 1.82) is 0 Å². The van der Waals surface area contributed by atoms with E-state index < -0.39 is 0 Å². The molecular formula is C10H19NOY5-2. The van der Waals surface area contributed by atoms with E-state index in [0.717, 1.165) is 13.2 Å². The normalized spacial score (nSPS) is 14.5. The summed E-state index contributed by atoms with van der Waals surface area (Å²) in [5.41, 5.74) is 0.383. The predicted octanol–water partition coefficient (Wildman–Crippen LogP) is 2.06. The molecule has 0 heterocycles. The molecule has 87 valence electrons. The Balaban J connectivity index is -0.0000000960. The maximum Gasteiger partial charge on any atom is 0.0536 e. The molecule has 5 radical (unpaired) electrons. The maximum absolute atomic E-state index is 5.59. The van der Waals surface area contributed by atoms with Gasteiger partial charge in [-0.15, -0.1) is 0 Å². The van der Waals surface area contributed by atoms with Gasteiger partial charge < -0.3 is 23.7 Å². The van der Waals surface area contributed by atoms with Crippen LogP contribution in [-0.4, -0.2) is 24.2 Å². The van der Waals surface area contributed by atoms with Crippen molar-refractivity contribution < 1.29 is 168 Å². The minimum absolute atomic E-state index is 0. The Kier molecular flexibility index (Phi) is 35.5. The first-order chi connectivity index (χ1) is 5.54. The van der Waals surface area contributed by atoms with Gasteiger partial charge in [0.2, 0.25) is 0 Å². The van der Waals surface area contributed by atoms with E-state index in [9.17, 15) is 0 Å². The first kappa shape index (κ1) is 33.9. The average molecular weight is 614 g/mol. The van der Waals surface area contributed by atoms with E-state index in [0.29, 0.717) is 11.5 Å². The van der Waals surface area contributed by atoms with Gasteiger partial charge in [0.1, 0.15) is 0 Å². The first-order valence-electron chi connectivity index (χ1n) is 4.54. The van der Waals surface area contributed by atoms with Crippen molar-refractivity contribution in [2.45, 2.75) is 32.8 Å². The minimum Gasteiger partial charge on any atom is -0.610 e. The van der Waals surface area contributed by atoms with E-state index in [1.54, 1.807) is 4.90 Å². The monoisotopic (exact) mass is 614 g/mol. The Morgan fingerprint density at radius 2 is 1.47 bits per heavy atom. The minimum atomic E-state index is 0. The second-order valence-electron chi connectivity index (χ2n) is 4.19. The van der Waals surface area contributed by atoms with Crippen LogP contribution >= 0.6 is 0 Å². The Labute approximate surface area is 233 Å². The summed E-state index contributed by atoms with van der Waals surface area (Å²) in [5, 5.41) is 0. The molecule has 0 aromatic carbocycles. The summed E-state index contributed by atoms with van der Waals surface area (Å²) in [6, 6.07) is 0. The fourth-order valence-corrected chi connectivity index (χ4v) is 1.34. The van der Waals surface area contributed by atoms with E-state index >= 15 is 0 Å². The quantitative estimate of drug-likeness (QED) is 0.441. The summed E-state index contributed by atoms with van der Waals surface area (Å²) in [6.07, 6.45) is 2.87. The van der Waals surface area contributed by atoms with E-state index in [-0.39, 0.29) is 164 Å². The van der Waals surface area contributed by atoms with Gasteiger partial charge in [0.15, 0.2) is 0 Å². The van der Waals surface area contributed by atoms with Crippen molar-refractivity contribution >= 4 is 0 Å². The van der Waals surface area contributed by atoms with Crippen molar-refractivity contribution in [3.8, 4) is 0 Å². The van der Waals surface area contributed by atoms with Gasteiger partial charge in [0.25, 0.3) is 0 Å². The summed E-state index contributed by atoms with van der Waals surface area (Å²) in [4.78, 5) is 1.76. The molecule has 0 amide bonds. The Morgan fingerprint density at radius 3 is 1.71 bits per heavy atom. The van der Waals surface area contributed by atoms with E-state index in [2.05, 4.69) is 27.9 Å². The SMILES string of the molecule is [CH2-]N([CH2-])CC1(COC(C)C)CC1.[Y].[Y].[Y].[Y].[Y]. The zero-order chi connectivity index (χ0) is 9.19. The van der Waals surface area contributed by atoms with Crippen LogP contribution in [-0.2, 0) is 168 Å². The van der Waals surface area contributed by atoms with Crippen molar-refractivity contribution in [3.63, 3.8) is 0 Å². The molecule has 0 aromatic heterocycles. The number of nitrogens with zero attached hydrogens (tertiary/aromatic N) is 1. The van der Waals surface area contributed by atoms with Crippen molar-refractivity contribution in [3.05, 3.63) is 14.1 Å². The molecule has 0 aliphatic heterocycles. The summed E-state index contributed by atoms with van der Waals surface area (Å²) >= 11 is 0. The summed E-state index contributed by atoms with van der Waals surface area (Å²) < 4.78 is 5.59. The van der Waals surface area contributed by atoms with E-state index in [1.807, 2.05) is 0 Å². The molecule has 0 saturated heterocycles. The smallest absolute Gasteiger partial charge is 0.0536 e. The van der Waals surface area contributed by atoms with Crippen LogP contribution in [0.25, 0.3) is 0 Å². The summed E-state index contributed by atoms with van der Waals surface area (Å²) in [6.45, 7) is 5.97. The van der Waals surface area contributed by atoms with E-state index in [4.69, 9.17) is 4.74 Å². The molecule has 0 unspecified atom stereocenters. The van der Waals surface area contributed by atoms with Gasteiger partial charge in [-0.1, -0.05) is 0 Å². The van der Waals surface area contributed by atoms with Gasteiger partial charge in [0.05, 0.1) is 12.7 Å². The standard InChI is InChI=1S/C10H19NO.5Y/c1-9(2)12-8-10(5-6-10)7-11(3)4;;;;;/h9H,3-8H2,1-2H3;;;;;/q-2;;;;;. The van der Waals surface area contributed by atoms with Crippen LogP contribution in [0.3, 0.4) is 0 Å². The predicted molar refractivity (Wildman–Crippen MR) is 50.2 cm³/mol. The molecule has 1 aliphatic carbocycles. The van der Waals surface area contributed by atoms with Crippen LogP contribution < -0.4 is 0 Å². The second kappa shape index (κ2) is 17.8. The third-order valence-corrected chi connectivity index (χ3v) is 2.24. The summed E-state index contributed by atoms with van der Waals surface area (Å²) in [7, 11) is 7.51. The van der Waals surface area contributed by atoms with Gasteiger partial charge in [-0.3, -0.25) is 0 Å². The van der Waals surface area contributed by atoms with Crippen LogP contribution in [0.15, 0.2) is 0 Å². The molecule has 7 heteroatoms. The number of hydrogen-bond acceptors (Lipinski definition) is 2. The molecule has 0 spiro atoms. The van der Waals surface area contributed by atoms with Crippen LogP contribution in [0.5, 0.6) is 0 Å². The number of hydrogen-bond donors (Lipinski definition) is 0. The number of rotatable bonds is 5. The molecular weight excluding hydrogens is 595 g/mol. The van der Waals surface area contributed by atoms with Crippen LogP contribution in [0.2, 0.25) is 0 Å². The van der Waals surface area contributed by atoms with Crippen molar-refractivity contribution in [2.75, 3.05) is 13.2 Å². The molecule has 0 atom stereocenters. The molecule has 0 bridgehead atoms.